The molecule has 20 heavy (non-hydrogen) atoms. The maximum absolute atomic E-state index is 2.52. The molecule has 0 N–H and O–H groups in total. The van der Waals surface area contributed by atoms with Crippen LogP contribution in [0, 0.1) is 22.7 Å². The van der Waals surface area contributed by atoms with Crippen LogP contribution >= 0.6 is 0 Å². The average Bonchev–Trinajstić information content (AvgIpc) is 2.52. The summed E-state index contributed by atoms with van der Waals surface area (Å²) in [6, 6.07) is 0. The van der Waals surface area contributed by atoms with E-state index in [1.54, 1.807) is 19.3 Å². The molecule has 3 unspecified atom stereocenters. The molecule has 0 saturated heterocycles. The highest BCUT2D eigenvalue weighted by Crippen LogP contribution is 2.65. The van der Waals surface area contributed by atoms with Crippen molar-refractivity contribution in [3.8, 4) is 0 Å². The van der Waals surface area contributed by atoms with Gasteiger partial charge in [0.1, 0.15) is 0 Å². The van der Waals surface area contributed by atoms with Gasteiger partial charge >= 0.3 is 0 Å². The fourth-order valence-electron chi connectivity index (χ4n) is 6.45. The summed E-state index contributed by atoms with van der Waals surface area (Å²) >= 11 is 0. The Bertz CT molecular complexity index is 288. The lowest BCUT2D eigenvalue weighted by Gasteiger charge is -2.62. The largest absolute Gasteiger partial charge is 0.0654 e. The molecule has 0 aromatic heterocycles. The maximum Gasteiger partial charge on any atom is -0.0213 e. The number of fused-ring (bicyclic) bond motifs is 1. The minimum Gasteiger partial charge on any atom is -0.0654 e. The van der Waals surface area contributed by atoms with Crippen LogP contribution in [0.5, 0.6) is 0 Å². The van der Waals surface area contributed by atoms with E-state index in [0.717, 1.165) is 11.8 Å². The van der Waals surface area contributed by atoms with Crippen molar-refractivity contribution in [3.05, 3.63) is 0 Å². The average molecular weight is 279 g/mol. The van der Waals surface area contributed by atoms with E-state index in [9.17, 15) is 0 Å². The lowest BCUT2D eigenvalue weighted by molar-refractivity contribution is -0.123. The van der Waals surface area contributed by atoms with Gasteiger partial charge in [0.2, 0.25) is 0 Å². The quantitative estimate of drug-likeness (QED) is 0.491. The van der Waals surface area contributed by atoms with Crippen molar-refractivity contribution < 1.29 is 0 Å². The van der Waals surface area contributed by atoms with Crippen molar-refractivity contribution in [1.29, 1.82) is 0 Å². The smallest absolute Gasteiger partial charge is 0.0213 e. The molecule has 0 radical (unpaired) electrons. The summed E-state index contributed by atoms with van der Waals surface area (Å²) in [5.41, 5.74) is 1.34. The summed E-state index contributed by atoms with van der Waals surface area (Å²) in [4.78, 5) is 0. The first kappa shape index (κ1) is 16.4. The fourth-order valence-corrected chi connectivity index (χ4v) is 6.45. The molecule has 0 heterocycles. The van der Waals surface area contributed by atoms with Gasteiger partial charge in [-0.1, -0.05) is 59.8 Å². The lowest BCUT2D eigenvalue weighted by atomic mass is 9.43. The van der Waals surface area contributed by atoms with E-state index in [0.29, 0.717) is 10.8 Å². The van der Waals surface area contributed by atoms with Gasteiger partial charge in [0, 0.05) is 0 Å². The zero-order valence-corrected chi connectivity index (χ0v) is 14.6. The lowest BCUT2D eigenvalue weighted by Crippen LogP contribution is -2.53. The molecular formula is C20H38. The number of hydrogen-bond acceptors (Lipinski definition) is 0. The summed E-state index contributed by atoms with van der Waals surface area (Å²) in [5.74, 6) is 2.13. The van der Waals surface area contributed by atoms with Crippen LogP contribution in [-0.4, -0.2) is 0 Å². The third kappa shape index (κ3) is 2.46. The van der Waals surface area contributed by atoms with E-state index in [1.165, 1.54) is 57.8 Å². The molecule has 2 aliphatic carbocycles. The molecule has 0 heteroatoms. The van der Waals surface area contributed by atoms with Crippen molar-refractivity contribution in [2.75, 3.05) is 0 Å². The maximum atomic E-state index is 2.52. The predicted molar refractivity (Wildman–Crippen MR) is 89.9 cm³/mol. The highest BCUT2D eigenvalue weighted by atomic mass is 14.6. The molecule has 0 bridgehead atoms. The van der Waals surface area contributed by atoms with E-state index >= 15 is 0 Å². The van der Waals surface area contributed by atoms with Gasteiger partial charge in [0.15, 0.2) is 0 Å². The Balaban J connectivity index is 2.36. The molecule has 0 aromatic rings. The SMILES string of the molecule is CCCCC1(CC)C2CCCCC2CCC1(CC)CC. The van der Waals surface area contributed by atoms with Gasteiger partial charge in [0.25, 0.3) is 0 Å². The first-order valence-electron chi connectivity index (χ1n) is 9.69. The Morgan fingerprint density at radius 3 is 2.15 bits per heavy atom. The summed E-state index contributed by atoms with van der Waals surface area (Å²) in [5, 5.41) is 0. The van der Waals surface area contributed by atoms with E-state index in [4.69, 9.17) is 0 Å². The van der Waals surface area contributed by atoms with Gasteiger partial charge < -0.3 is 0 Å². The third-order valence-corrected chi connectivity index (χ3v) is 7.63. The topological polar surface area (TPSA) is 0 Å². The van der Waals surface area contributed by atoms with Gasteiger partial charge in [-0.2, -0.15) is 0 Å². The zero-order chi connectivity index (χ0) is 14.6. The fraction of sp³-hybridized carbons (Fsp3) is 1.00. The molecule has 0 spiro atoms. The molecule has 3 atom stereocenters. The van der Waals surface area contributed by atoms with Crippen LogP contribution in [0.25, 0.3) is 0 Å². The molecule has 118 valence electrons. The molecule has 2 saturated carbocycles. The van der Waals surface area contributed by atoms with Crippen molar-refractivity contribution in [2.45, 2.75) is 105 Å². The Kier molecular flexibility index (Phi) is 5.60. The Labute approximate surface area is 128 Å². The summed E-state index contributed by atoms with van der Waals surface area (Å²) in [6.45, 7) is 9.88. The van der Waals surface area contributed by atoms with Gasteiger partial charge in [-0.05, 0) is 67.6 Å². The number of hydrogen-bond donors (Lipinski definition) is 0. The first-order chi connectivity index (χ1) is 9.69. The van der Waals surface area contributed by atoms with Crippen LogP contribution in [0.1, 0.15) is 105 Å². The minimum atomic E-state index is 0.662. The van der Waals surface area contributed by atoms with Crippen LogP contribution in [0.4, 0.5) is 0 Å². The molecule has 0 aromatic carbocycles. The van der Waals surface area contributed by atoms with Gasteiger partial charge in [-0.15, -0.1) is 0 Å². The molecule has 0 amide bonds. The first-order valence-corrected chi connectivity index (χ1v) is 9.69. The second kappa shape index (κ2) is 6.84. The van der Waals surface area contributed by atoms with E-state index in [2.05, 4.69) is 27.7 Å². The highest BCUT2D eigenvalue weighted by molar-refractivity contribution is 5.06. The Morgan fingerprint density at radius 2 is 1.55 bits per heavy atom. The van der Waals surface area contributed by atoms with Crippen molar-refractivity contribution in [3.63, 3.8) is 0 Å². The van der Waals surface area contributed by atoms with Gasteiger partial charge in [-0.3, -0.25) is 0 Å². The Morgan fingerprint density at radius 1 is 0.850 bits per heavy atom. The van der Waals surface area contributed by atoms with Gasteiger partial charge in [0.05, 0.1) is 0 Å². The summed E-state index contributed by atoms with van der Waals surface area (Å²) in [7, 11) is 0. The van der Waals surface area contributed by atoms with Gasteiger partial charge in [-0.25, -0.2) is 0 Å². The molecule has 0 nitrogen and oxygen atoms in total. The normalized spacial score (nSPS) is 36.6. The number of unbranched alkanes of at least 4 members (excludes halogenated alkanes) is 1. The zero-order valence-electron chi connectivity index (χ0n) is 14.6. The van der Waals surface area contributed by atoms with E-state index < -0.39 is 0 Å². The molecule has 2 aliphatic rings. The molecule has 2 fully saturated rings. The Hall–Kier alpha value is 0. The number of rotatable bonds is 6. The summed E-state index contributed by atoms with van der Waals surface area (Å²) < 4.78 is 0. The van der Waals surface area contributed by atoms with E-state index in [-0.39, 0.29) is 0 Å². The van der Waals surface area contributed by atoms with Crippen LogP contribution in [0.15, 0.2) is 0 Å². The van der Waals surface area contributed by atoms with E-state index in [1.807, 2.05) is 0 Å². The molecule has 2 rings (SSSR count). The highest BCUT2D eigenvalue weighted by Gasteiger charge is 2.56. The van der Waals surface area contributed by atoms with Crippen LogP contribution in [0.2, 0.25) is 0 Å². The predicted octanol–water partition coefficient (Wildman–Crippen LogP) is 6.98. The van der Waals surface area contributed by atoms with Crippen LogP contribution in [-0.2, 0) is 0 Å². The minimum absolute atomic E-state index is 0.662. The van der Waals surface area contributed by atoms with Crippen molar-refractivity contribution in [2.24, 2.45) is 22.7 Å². The second-order valence-corrected chi connectivity index (χ2v) is 7.79. The molecule has 0 aliphatic heterocycles. The van der Waals surface area contributed by atoms with Crippen LogP contribution < -0.4 is 0 Å². The standard InChI is InChI=1S/C20H38/c1-5-9-15-20(8-4)18-13-11-10-12-17(18)14-16-19(20,6-2)7-3/h17-18H,5-16H2,1-4H3. The molecular weight excluding hydrogens is 240 g/mol. The van der Waals surface area contributed by atoms with Crippen molar-refractivity contribution >= 4 is 0 Å². The monoisotopic (exact) mass is 278 g/mol. The third-order valence-electron chi connectivity index (χ3n) is 7.63. The summed E-state index contributed by atoms with van der Waals surface area (Å²) in [6.07, 6.45) is 17.8. The van der Waals surface area contributed by atoms with Crippen LogP contribution in [0.3, 0.4) is 0 Å². The second-order valence-electron chi connectivity index (χ2n) is 7.79. The van der Waals surface area contributed by atoms with Crippen molar-refractivity contribution in [1.82, 2.24) is 0 Å².